The zero-order valence-corrected chi connectivity index (χ0v) is 7.99. The Balaban J connectivity index is 3.79. The number of hydroxylamine groups is 3. The van der Waals surface area contributed by atoms with E-state index in [0.717, 1.165) is 0 Å². The fourth-order valence-electron chi connectivity index (χ4n) is 0.679. The summed E-state index contributed by atoms with van der Waals surface area (Å²) in [5.41, 5.74) is 0. The first-order valence-corrected chi connectivity index (χ1v) is 3.89. The molecule has 2 N–H and O–H groups in total. The van der Waals surface area contributed by atoms with Gasteiger partial charge in [-0.1, -0.05) is 6.58 Å². The number of hydrogen-bond donors (Lipinski definition) is 2. The van der Waals surface area contributed by atoms with Crippen molar-refractivity contribution in [1.82, 2.24) is 0 Å². The molecule has 0 fully saturated rings. The summed E-state index contributed by atoms with van der Waals surface area (Å²) in [5.74, 6) is -0.931. The molecule has 0 saturated carbocycles. The Morgan fingerprint density at radius 2 is 2.00 bits per heavy atom. The molecule has 5 heteroatoms. The van der Waals surface area contributed by atoms with Crippen LogP contribution >= 0.6 is 0 Å². The molecule has 76 valence electrons. The average molecular weight is 190 g/mol. The molecule has 0 spiro atoms. The number of carboxylic acid groups (broad SMARTS) is 1. The van der Waals surface area contributed by atoms with Crippen LogP contribution in [0.1, 0.15) is 6.42 Å². The van der Waals surface area contributed by atoms with Gasteiger partial charge in [0.2, 0.25) is 0 Å². The number of aliphatic carboxylic acids is 1. The lowest BCUT2D eigenvalue weighted by molar-refractivity contribution is -1.08. The highest BCUT2D eigenvalue weighted by Crippen LogP contribution is 2.02. The van der Waals surface area contributed by atoms with E-state index >= 15 is 0 Å². The molecular formula is C8H16NO4+. The van der Waals surface area contributed by atoms with Gasteiger partial charge in [-0.25, -0.2) is 0 Å². The Bertz CT molecular complexity index is 180. The van der Waals surface area contributed by atoms with Crippen LogP contribution in [0.5, 0.6) is 0 Å². The lowest BCUT2D eigenvalue weighted by atomic mass is 10.4. The summed E-state index contributed by atoms with van der Waals surface area (Å²) in [6.45, 7) is 3.63. The van der Waals surface area contributed by atoms with E-state index < -0.39 is 5.97 Å². The lowest BCUT2D eigenvalue weighted by Crippen LogP contribution is -2.41. The Kier molecular flexibility index (Phi) is 4.44. The van der Waals surface area contributed by atoms with Crippen molar-refractivity contribution in [2.75, 3.05) is 27.2 Å². The Labute approximate surface area is 77.4 Å². The standard InChI is InChI=1S/C8H15NO4/c1-7(10)6-13-9(2,3)5-4-8(11)12/h1,4-6H2,2-3H3,(H-,10,11,12)/p+1. The quantitative estimate of drug-likeness (QED) is 0.364. The molecule has 0 atom stereocenters. The van der Waals surface area contributed by atoms with E-state index in [4.69, 9.17) is 15.1 Å². The zero-order valence-electron chi connectivity index (χ0n) is 7.99. The topological polar surface area (TPSA) is 66.8 Å². The minimum absolute atomic E-state index is 0.0205. The number of aliphatic hydroxyl groups is 1. The number of rotatable bonds is 6. The van der Waals surface area contributed by atoms with E-state index in [1.165, 1.54) is 0 Å². The van der Waals surface area contributed by atoms with Crippen LogP contribution in [0, 0.1) is 0 Å². The number of hydrogen-bond acceptors (Lipinski definition) is 3. The molecular weight excluding hydrogens is 174 g/mol. The smallest absolute Gasteiger partial charge is 0.309 e. The van der Waals surface area contributed by atoms with Crippen LogP contribution in [0.2, 0.25) is 0 Å². The van der Waals surface area contributed by atoms with Crippen LogP contribution in [0.25, 0.3) is 0 Å². The van der Waals surface area contributed by atoms with Crippen molar-refractivity contribution in [2.45, 2.75) is 6.42 Å². The predicted octanol–water partition coefficient (Wildman–Crippen LogP) is 0.541. The third-order valence-corrected chi connectivity index (χ3v) is 1.44. The van der Waals surface area contributed by atoms with Crippen LogP contribution in [0.15, 0.2) is 12.3 Å². The molecule has 0 aliphatic carbocycles. The van der Waals surface area contributed by atoms with Gasteiger partial charge >= 0.3 is 5.97 Å². The highest BCUT2D eigenvalue weighted by Gasteiger charge is 2.18. The number of nitrogens with zero attached hydrogens (tertiary/aromatic N) is 1. The second-order valence-corrected chi connectivity index (χ2v) is 3.28. The summed E-state index contributed by atoms with van der Waals surface area (Å²) in [7, 11) is 3.43. The SMILES string of the molecule is C=C(O)CO[N+](C)(C)CCC(=O)O. The molecule has 0 aromatic carbocycles. The molecule has 0 bridgehead atoms. The molecule has 0 aromatic heterocycles. The molecule has 0 unspecified atom stereocenters. The zero-order chi connectivity index (χ0) is 10.5. The molecule has 0 aromatic rings. The normalized spacial score (nSPS) is 11.2. The summed E-state index contributed by atoms with van der Waals surface area (Å²) in [6.07, 6.45) is 0.0326. The molecule has 0 radical (unpaired) electrons. The van der Waals surface area contributed by atoms with E-state index in [9.17, 15) is 4.79 Å². The molecule has 5 nitrogen and oxygen atoms in total. The van der Waals surface area contributed by atoms with Crippen molar-refractivity contribution in [2.24, 2.45) is 0 Å². The van der Waals surface area contributed by atoms with E-state index in [0.29, 0.717) is 6.54 Å². The fraction of sp³-hybridized carbons (Fsp3) is 0.625. The average Bonchev–Trinajstić information content (AvgIpc) is 1.98. The first kappa shape index (κ1) is 11.9. The van der Waals surface area contributed by atoms with Crippen molar-refractivity contribution in [3.8, 4) is 0 Å². The van der Waals surface area contributed by atoms with Crippen LogP contribution in [-0.4, -0.2) is 48.1 Å². The van der Waals surface area contributed by atoms with Crippen molar-refractivity contribution in [1.29, 1.82) is 0 Å². The van der Waals surface area contributed by atoms with Gasteiger partial charge < -0.3 is 10.2 Å². The molecule has 0 saturated heterocycles. The number of carboxylic acids is 1. The van der Waals surface area contributed by atoms with Gasteiger partial charge in [0.15, 0.2) is 6.61 Å². The summed E-state index contributed by atoms with van der Waals surface area (Å²) >= 11 is 0. The summed E-state index contributed by atoms with van der Waals surface area (Å²) < 4.78 is 0.0892. The third-order valence-electron chi connectivity index (χ3n) is 1.44. The van der Waals surface area contributed by atoms with Gasteiger partial charge in [0.1, 0.15) is 12.3 Å². The van der Waals surface area contributed by atoms with E-state index in [2.05, 4.69) is 6.58 Å². The fourth-order valence-corrected chi connectivity index (χ4v) is 0.679. The third kappa shape index (κ3) is 7.30. The summed E-state index contributed by atoms with van der Waals surface area (Å²) in [6, 6.07) is 0. The number of quaternary nitrogens is 1. The van der Waals surface area contributed by atoms with Crippen LogP contribution in [0.4, 0.5) is 0 Å². The van der Waals surface area contributed by atoms with Gasteiger partial charge in [0, 0.05) is 0 Å². The van der Waals surface area contributed by atoms with Crippen molar-refractivity contribution < 1.29 is 24.5 Å². The second kappa shape index (κ2) is 4.84. The predicted molar refractivity (Wildman–Crippen MR) is 46.9 cm³/mol. The van der Waals surface area contributed by atoms with Crippen molar-refractivity contribution in [3.05, 3.63) is 12.3 Å². The van der Waals surface area contributed by atoms with E-state index in [1.54, 1.807) is 14.1 Å². The monoisotopic (exact) mass is 190 g/mol. The summed E-state index contributed by atoms with van der Waals surface area (Å²) in [5, 5.41) is 17.2. The Morgan fingerprint density at radius 3 is 2.38 bits per heavy atom. The number of carbonyl (C=O) groups is 1. The van der Waals surface area contributed by atoms with E-state index in [-0.39, 0.29) is 23.4 Å². The van der Waals surface area contributed by atoms with Crippen LogP contribution in [-0.2, 0) is 9.63 Å². The van der Waals surface area contributed by atoms with Gasteiger partial charge in [-0.05, 0) is 0 Å². The minimum atomic E-state index is -0.863. The van der Waals surface area contributed by atoms with Crippen molar-refractivity contribution in [3.63, 3.8) is 0 Å². The minimum Gasteiger partial charge on any atom is -0.510 e. The second-order valence-electron chi connectivity index (χ2n) is 3.28. The lowest BCUT2D eigenvalue weighted by Gasteiger charge is -2.25. The van der Waals surface area contributed by atoms with Gasteiger partial charge in [0.05, 0.1) is 20.5 Å². The highest BCUT2D eigenvalue weighted by atomic mass is 16.7. The van der Waals surface area contributed by atoms with Gasteiger partial charge in [0.25, 0.3) is 0 Å². The van der Waals surface area contributed by atoms with Gasteiger partial charge in [-0.2, -0.15) is 9.48 Å². The van der Waals surface area contributed by atoms with Crippen LogP contribution in [0.3, 0.4) is 0 Å². The van der Waals surface area contributed by atoms with Gasteiger partial charge in [-0.15, -0.1) is 0 Å². The molecule has 0 amide bonds. The van der Waals surface area contributed by atoms with E-state index in [1.807, 2.05) is 0 Å². The van der Waals surface area contributed by atoms with Gasteiger partial charge in [-0.3, -0.25) is 4.79 Å². The maximum atomic E-state index is 10.3. The molecule has 0 heterocycles. The summed E-state index contributed by atoms with van der Waals surface area (Å²) in [4.78, 5) is 15.4. The maximum absolute atomic E-state index is 10.3. The molecule has 0 rings (SSSR count). The highest BCUT2D eigenvalue weighted by molar-refractivity contribution is 5.66. The first-order chi connectivity index (χ1) is 5.83. The Hall–Kier alpha value is -1.07. The molecule has 13 heavy (non-hydrogen) atoms. The number of aliphatic hydroxyl groups excluding tert-OH is 1. The Morgan fingerprint density at radius 1 is 1.46 bits per heavy atom. The molecule has 0 aliphatic heterocycles. The van der Waals surface area contributed by atoms with Crippen molar-refractivity contribution >= 4 is 5.97 Å². The van der Waals surface area contributed by atoms with Crippen LogP contribution < -0.4 is 0 Å². The largest absolute Gasteiger partial charge is 0.510 e. The molecule has 0 aliphatic rings. The first-order valence-electron chi connectivity index (χ1n) is 3.89. The maximum Gasteiger partial charge on any atom is 0.309 e.